The average Bonchev–Trinajstić information content (AvgIpc) is 2.09. The second-order valence-electron chi connectivity index (χ2n) is 3.70. The molecule has 1 aromatic rings. The summed E-state index contributed by atoms with van der Waals surface area (Å²) in [7, 11) is 0. The molecule has 82 valence electrons. The zero-order chi connectivity index (χ0) is 11.6. The first-order valence-electron chi connectivity index (χ1n) is 4.62. The SMILES string of the molecule is CC(C)C(C(=O)O)c1c(Cl)cccc1Br. The van der Waals surface area contributed by atoms with Crippen molar-refractivity contribution in [3.8, 4) is 0 Å². The van der Waals surface area contributed by atoms with Gasteiger partial charge in [0.05, 0.1) is 5.92 Å². The molecule has 0 aliphatic heterocycles. The number of carboxylic acid groups (broad SMARTS) is 1. The largest absolute Gasteiger partial charge is 0.481 e. The Morgan fingerprint density at radius 1 is 1.47 bits per heavy atom. The molecule has 1 atom stereocenters. The minimum absolute atomic E-state index is 0.00120. The summed E-state index contributed by atoms with van der Waals surface area (Å²) in [5, 5.41) is 9.66. The molecule has 0 heterocycles. The third-order valence-electron chi connectivity index (χ3n) is 2.24. The molecule has 2 nitrogen and oxygen atoms in total. The maximum atomic E-state index is 11.2. The molecule has 0 aromatic heterocycles. The molecule has 1 unspecified atom stereocenters. The van der Waals surface area contributed by atoms with Gasteiger partial charge in [-0.05, 0) is 23.6 Å². The zero-order valence-electron chi connectivity index (χ0n) is 8.50. The molecule has 0 saturated carbocycles. The number of halogens is 2. The van der Waals surface area contributed by atoms with Crippen molar-refractivity contribution in [2.24, 2.45) is 5.92 Å². The van der Waals surface area contributed by atoms with Gasteiger partial charge in [0.15, 0.2) is 0 Å². The van der Waals surface area contributed by atoms with Crippen LogP contribution in [0.25, 0.3) is 0 Å². The number of carboxylic acids is 1. The van der Waals surface area contributed by atoms with Gasteiger partial charge in [0, 0.05) is 9.50 Å². The van der Waals surface area contributed by atoms with E-state index in [9.17, 15) is 4.79 Å². The van der Waals surface area contributed by atoms with Crippen LogP contribution in [0.2, 0.25) is 5.02 Å². The Kier molecular flexibility index (Phi) is 4.17. The average molecular weight is 292 g/mol. The number of aliphatic carboxylic acids is 1. The second kappa shape index (κ2) is 4.99. The first-order valence-corrected chi connectivity index (χ1v) is 5.79. The first kappa shape index (κ1) is 12.5. The molecule has 0 fully saturated rings. The maximum Gasteiger partial charge on any atom is 0.311 e. The molecule has 1 rings (SSSR count). The second-order valence-corrected chi connectivity index (χ2v) is 4.96. The molecular formula is C11H12BrClO2. The highest BCUT2D eigenvalue weighted by molar-refractivity contribution is 9.10. The van der Waals surface area contributed by atoms with E-state index in [4.69, 9.17) is 16.7 Å². The Balaban J connectivity index is 3.28. The summed E-state index contributed by atoms with van der Waals surface area (Å²) in [5.41, 5.74) is 0.654. The Morgan fingerprint density at radius 3 is 2.47 bits per heavy atom. The summed E-state index contributed by atoms with van der Waals surface area (Å²) in [5.74, 6) is -1.43. The van der Waals surface area contributed by atoms with Crippen LogP contribution in [0.5, 0.6) is 0 Å². The quantitative estimate of drug-likeness (QED) is 0.916. The van der Waals surface area contributed by atoms with Gasteiger partial charge in [-0.2, -0.15) is 0 Å². The van der Waals surface area contributed by atoms with Gasteiger partial charge in [0.1, 0.15) is 0 Å². The molecule has 15 heavy (non-hydrogen) atoms. The van der Waals surface area contributed by atoms with E-state index in [-0.39, 0.29) is 5.92 Å². The summed E-state index contributed by atoms with van der Waals surface area (Å²) in [6.45, 7) is 3.74. The van der Waals surface area contributed by atoms with Crippen molar-refractivity contribution in [1.29, 1.82) is 0 Å². The van der Waals surface area contributed by atoms with E-state index in [1.807, 2.05) is 13.8 Å². The third-order valence-corrected chi connectivity index (χ3v) is 3.26. The predicted molar refractivity (Wildman–Crippen MR) is 64.4 cm³/mol. The minimum Gasteiger partial charge on any atom is -0.481 e. The lowest BCUT2D eigenvalue weighted by Crippen LogP contribution is -2.18. The van der Waals surface area contributed by atoms with Gasteiger partial charge < -0.3 is 5.11 Å². The topological polar surface area (TPSA) is 37.3 Å². The van der Waals surface area contributed by atoms with Crippen molar-refractivity contribution in [1.82, 2.24) is 0 Å². The van der Waals surface area contributed by atoms with E-state index in [1.54, 1.807) is 18.2 Å². The van der Waals surface area contributed by atoms with E-state index >= 15 is 0 Å². The lowest BCUT2D eigenvalue weighted by molar-refractivity contribution is -0.139. The van der Waals surface area contributed by atoms with Crippen LogP contribution >= 0.6 is 27.5 Å². The molecular weight excluding hydrogens is 279 g/mol. The van der Waals surface area contributed by atoms with Crippen molar-refractivity contribution in [3.63, 3.8) is 0 Å². The standard InChI is InChI=1S/C11H12BrClO2/c1-6(2)9(11(14)15)10-7(12)4-3-5-8(10)13/h3-6,9H,1-2H3,(H,14,15). The van der Waals surface area contributed by atoms with Gasteiger partial charge in [-0.15, -0.1) is 0 Å². The van der Waals surface area contributed by atoms with Gasteiger partial charge >= 0.3 is 5.97 Å². The van der Waals surface area contributed by atoms with Gasteiger partial charge in [-0.25, -0.2) is 0 Å². The van der Waals surface area contributed by atoms with Crippen molar-refractivity contribution in [2.45, 2.75) is 19.8 Å². The van der Waals surface area contributed by atoms with Crippen molar-refractivity contribution in [2.75, 3.05) is 0 Å². The highest BCUT2D eigenvalue weighted by Gasteiger charge is 2.27. The van der Waals surface area contributed by atoms with Crippen LogP contribution in [0, 0.1) is 5.92 Å². The van der Waals surface area contributed by atoms with Crippen LogP contribution in [-0.2, 0) is 4.79 Å². The highest BCUT2D eigenvalue weighted by Crippen LogP contribution is 2.35. The fourth-order valence-electron chi connectivity index (χ4n) is 1.55. The first-order chi connectivity index (χ1) is 6.95. The summed E-state index contributed by atoms with van der Waals surface area (Å²) in [4.78, 5) is 11.2. The van der Waals surface area contributed by atoms with Crippen LogP contribution in [0.1, 0.15) is 25.3 Å². The third kappa shape index (κ3) is 2.73. The monoisotopic (exact) mass is 290 g/mol. The highest BCUT2D eigenvalue weighted by atomic mass is 79.9. The lowest BCUT2D eigenvalue weighted by atomic mass is 9.88. The fourth-order valence-corrected chi connectivity index (χ4v) is 2.57. The van der Waals surface area contributed by atoms with Gasteiger partial charge in [0.25, 0.3) is 0 Å². The smallest absolute Gasteiger partial charge is 0.311 e. The van der Waals surface area contributed by atoms with Gasteiger partial charge in [-0.3, -0.25) is 4.79 Å². The number of hydrogen-bond donors (Lipinski definition) is 1. The number of carbonyl (C=O) groups is 1. The van der Waals surface area contributed by atoms with Crippen LogP contribution in [0.15, 0.2) is 22.7 Å². The Labute approximate surface area is 102 Å². The van der Waals surface area contributed by atoms with E-state index < -0.39 is 11.9 Å². The molecule has 0 bridgehead atoms. The molecule has 1 N–H and O–H groups in total. The molecule has 1 aromatic carbocycles. The zero-order valence-corrected chi connectivity index (χ0v) is 10.8. The summed E-state index contributed by atoms with van der Waals surface area (Å²) in [6, 6.07) is 5.30. The molecule has 0 saturated heterocycles. The summed E-state index contributed by atoms with van der Waals surface area (Å²) in [6.07, 6.45) is 0. The molecule has 0 aliphatic rings. The van der Waals surface area contributed by atoms with Crippen LogP contribution in [0.4, 0.5) is 0 Å². The number of benzene rings is 1. The Bertz CT molecular complexity index is 357. The normalized spacial score (nSPS) is 12.9. The summed E-state index contributed by atoms with van der Waals surface area (Å²) >= 11 is 9.36. The van der Waals surface area contributed by atoms with Gasteiger partial charge in [-0.1, -0.05) is 47.4 Å². The maximum absolute atomic E-state index is 11.2. The lowest BCUT2D eigenvalue weighted by Gasteiger charge is -2.19. The van der Waals surface area contributed by atoms with Crippen molar-refractivity contribution in [3.05, 3.63) is 33.3 Å². The van der Waals surface area contributed by atoms with Crippen LogP contribution in [-0.4, -0.2) is 11.1 Å². The molecule has 0 radical (unpaired) electrons. The minimum atomic E-state index is -0.848. The molecule has 0 amide bonds. The van der Waals surface area contributed by atoms with Crippen LogP contribution in [0.3, 0.4) is 0 Å². The molecule has 0 aliphatic carbocycles. The van der Waals surface area contributed by atoms with Crippen molar-refractivity contribution >= 4 is 33.5 Å². The Morgan fingerprint density at radius 2 is 2.07 bits per heavy atom. The number of rotatable bonds is 3. The van der Waals surface area contributed by atoms with Crippen LogP contribution < -0.4 is 0 Å². The number of hydrogen-bond acceptors (Lipinski definition) is 1. The summed E-state index contributed by atoms with van der Waals surface area (Å²) < 4.78 is 0.746. The predicted octanol–water partition coefficient (Wildman–Crippen LogP) is 3.93. The molecule has 0 spiro atoms. The molecule has 4 heteroatoms. The van der Waals surface area contributed by atoms with Crippen molar-refractivity contribution < 1.29 is 9.90 Å². The van der Waals surface area contributed by atoms with E-state index in [0.29, 0.717) is 10.6 Å². The van der Waals surface area contributed by atoms with Gasteiger partial charge in [0.2, 0.25) is 0 Å². The van der Waals surface area contributed by atoms with E-state index in [1.165, 1.54) is 0 Å². The van der Waals surface area contributed by atoms with E-state index in [0.717, 1.165) is 4.47 Å². The van der Waals surface area contributed by atoms with E-state index in [2.05, 4.69) is 15.9 Å². The Hall–Kier alpha value is -0.540. The fraction of sp³-hybridized carbons (Fsp3) is 0.364.